The van der Waals surface area contributed by atoms with Crippen molar-refractivity contribution in [1.82, 2.24) is 0 Å². The molecular weight excluding hydrogens is 352 g/mol. The van der Waals surface area contributed by atoms with E-state index in [0.717, 1.165) is 10.4 Å². The quantitative estimate of drug-likeness (QED) is 0.602. The van der Waals surface area contributed by atoms with Gasteiger partial charge in [-0.2, -0.15) is 5.26 Å². The number of allylic oxidation sites excluding steroid dienone is 1. The largest absolute Gasteiger partial charge is 0.322 e. The summed E-state index contributed by atoms with van der Waals surface area (Å²) < 4.78 is 0. The number of thiophene rings is 1. The highest BCUT2D eigenvalue weighted by Gasteiger charge is 2.07. The summed E-state index contributed by atoms with van der Waals surface area (Å²) in [5.74, 6) is -0.209. The van der Waals surface area contributed by atoms with Crippen LogP contribution in [0.3, 0.4) is 0 Å². The lowest BCUT2D eigenvalue weighted by molar-refractivity contribution is 0.102. The van der Waals surface area contributed by atoms with Crippen LogP contribution in [0.25, 0.3) is 11.6 Å². The maximum atomic E-state index is 12.2. The van der Waals surface area contributed by atoms with Crippen LogP contribution in [0.2, 0.25) is 5.02 Å². The van der Waals surface area contributed by atoms with E-state index in [4.69, 9.17) is 11.6 Å². The number of carbonyl (C=O) groups excluding carboxylic acids is 1. The monoisotopic (exact) mass is 364 g/mol. The van der Waals surface area contributed by atoms with Crippen LogP contribution in [0.5, 0.6) is 0 Å². The van der Waals surface area contributed by atoms with E-state index in [1.165, 1.54) is 0 Å². The van der Waals surface area contributed by atoms with E-state index in [9.17, 15) is 10.1 Å². The van der Waals surface area contributed by atoms with Gasteiger partial charge in [0.15, 0.2) is 0 Å². The van der Waals surface area contributed by atoms with Crippen molar-refractivity contribution in [2.45, 2.75) is 0 Å². The summed E-state index contributed by atoms with van der Waals surface area (Å²) in [6, 6.07) is 20.0. The second kappa shape index (κ2) is 7.80. The molecule has 0 radical (unpaired) electrons. The Morgan fingerprint density at radius 2 is 1.72 bits per heavy atom. The lowest BCUT2D eigenvalue weighted by Crippen LogP contribution is -2.11. The van der Waals surface area contributed by atoms with Crippen molar-refractivity contribution in [1.29, 1.82) is 5.26 Å². The molecule has 2 aromatic carbocycles. The summed E-state index contributed by atoms with van der Waals surface area (Å²) in [6.45, 7) is 0. The van der Waals surface area contributed by atoms with Gasteiger partial charge in [0.25, 0.3) is 5.91 Å². The zero-order chi connectivity index (χ0) is 17.6. The van der Waals surface area contributed by atoms with Crippen molar-refractivity contribution in [3.05, 3.63) is 87.1 Å². The van der Waals surface area contributed by atoms with Crippen LogP contribution in [0.4, 0.5) is 5.69 Å². The maximum absolute atomic E-state index is 12.2. The third-order valence-electron chi connectivity index (χ3n) is 3.51. The standard InChI is InChI=1S/C20H13ClN2OS/c21-17-7-3-15(4-8-17)20(24)23-18-9-5-14(6-10-18)16(13-22)12-19-2-1-11-25-19/h1-12H,(H,23,24). The molecule has 0 bridgehead atoms. The first-order valence-electron chi connectivity index (χ1n) is 7.48. The van der Waals surface area contributed by atoms with Crippen LogP contribution in [0.1, 0.15) is 20.8 Å². The fourth-order valence-corrected chi connectivity index (χ4v) is 3.02. The van der Waals surface area contributed by atoms with E-state index >= 15 is 0 Å². The average molecular weight is 365 g/mol. The summed E-state index contributed by atoms with van der Waals surface area (Å²) in [4.78, 5) is 13.2. The van der Waals surface area contributed by atoms with Crippen LogP contribution in [-0.4, -0.2) is 5.91 Å². The minimum atomic E-state index is -0.209. The lowest BCUT2D eigenvalue weighted by atomic mass is 10.1. The molecule has 0 saturated carbocycles. The van der Waals surface area contributed by atoms with Gasteiger partial charge in [-0.05, 0) is 59.5 Å². The minimum Gasteiger partial charge on any atom is -0.322 e. The van der Waals surface area contributed by atoms with Gasteiger partial charge in [0.05, 0.1) is 11.6 Å². The van der Waals surface area contributed by atoms with E-state index in [-0.39, 0.29) is 5.91 Å². The molecule has 122 valence electrons. The molecule has 0 aliphatic rings. The van der Waals surface area contributed by atoms with Gasteiger partial charge in [-0.3, -0.25) is 4.79 Å². The number of hydrogen-bond acceptors (Lipinski definition) is 3. The Labute approximate surface area is 154 Å². The Morgan fingerprint density at radius 3 is 2.32 bits per heavy atom. The molecule has 0 unspecified atom stereocenters. The Bertz CT molecular complexity index is 937. The molecular formula is C20H13ClN2OS. The molecule has 0 atom stereocenters. The molecule has 1 heterocycles. The van der Waals surface area contributed by atoms with Gasteiger partial charge in [-0.15, -0.1) is 11.3 Å². The first-order chi connectivity index (χ1) is 12.2. The number of nitriles is 1. The fraction of sp³-hybridized carbons (Fsp3) is 0. The molecule has 0 spiro atoms. The summed E-state index contributed by atoms with van der Waals surface area (Å²) in [5, 5.41) is 14.7. The molecule has 5 heteroatoms. The number of anilines is 1. The Hall–Kier alpha value is -2.87. The average Bonchev–Trinajstić information content (AvgIpc) is 3.14. The molecule has 1 amide bonds. The smallest absolute Gasteiger partial charge is 0.255 e. The molecule has 3 nitrogen and oxygen atoms in total. The molecule has 0 saturated heterocycles. The SMILES string of the molecule is N#CC(=Cc1cccs1)c1ccc(NC(=O)c2ccc(Cl)cc2)cc1. The van der Waals surface area contributed by atoms with Crippen LogP contribution in [0, 0.1) is 11.3 Å². The highest BCUT2D eigenvalue weighted by Crippen LogP contribution is 2.22. The fourth-order valence-electron chi connectivity index (χ4n) is 2.23. The number of amides is 1. The van der Waals surface area contributed by atoms with Crippen molar-refractivity contribution in [3.63, 3.8) is 0 Å². The summed E-state index contributed by atoms with van der Waals surface area (Å²) in [5.41, 5.74) is 2.58. The normalized spacial score (nSPS) is 11.0. The number of benzene rings is 2. The third-order valence-corrected chi connectivity index (χ3v) is 4.58. The second-order valence-corrected chi connectivity index (χ2v) is 6.64. The molecule has 1 aromatic heterocycles. The van der Waals surface area contributed by atoms with E-state index in [2.05, 4.69) is 11.4 Å². The van der Waals surface area contributed by atoms with E-state index < -0.39 is 0 Å². The van der Waals surface area contributed by atoms with Gasteiger partial charge in [0.1, 0.15) is 0 Å². The molecule has 1 N–H and O–H groups in total. The predicted octanol–water partition coefficient (Wildman–Crippen LogP) is 5.72. The zero-order valence-electron chi connectivity index (χ0n) is 13.1. The Kier molecular flexibility index (Phi) is 5.30. The number of nitrogens with one attached hydrogen (secondary N) is 1. The van der Waals surface area contributed by atoms with Crippen LogP contribution in [0.15, 0.2) is 66.0 Å². The topological polar surface area (TPSA) is 52.9 Å². The molecule has 25 heavy (non-hydrogen) atoms. The van der Waals surface area contributed by atoms with Gasteiger partial charge in [0, 0.05) is 21.2 Å². The Balaban J connectivity index is 1.75. The molecule has 0 aliphatic heterocycles. The van der Waals surface area contributed by atoms with Crippen LogP contribution < -0.4 is 5.32 Å². The highest BCUT2D eigenvalue weighted by atomic mass is 35.5. The summed E-state index contributed by atoms with van der Waals surface area (Å²) in [7, 11) is 0. The Morgan fingerprint density at radius 1 is 1.04 bits per heavy atom. The summed E-state index contributed by atoms with van der Waals surface area (Å²) >= 11 is 7.40. The van der Waals surface area contributed by atoms with Crippen molar-refractivity contribution in [2.75, 3.05) is 5.32 Å². The molecule has 0 fully saturated rings. The first kappa shape index (κ1) is 17.0. The second-order valence-electron chi connectivity index (χ2n) is 5.22. The van der Waals surface area contributed by atoms with Gasteiger partial charge >= 0.3 is 0 Å². The number of nitrogens with zero attached hydrogens (tertiary/aromatic N) is 1. The van der Waals surface area contributed by atoms with E-state index in [0.29, 0.717) is 21.8 Å². The van der Waals surface area contributed by atoms with Crippen molar-refractivity contribution < 1.29 is 4.79 Å². The number of rotatable bonds is 4. The number of halogens is 1. The van der Waals surface area contributed by atoms with Gasteiger partial charge in [-0.1, -0.05) is 29.8 Å². The number of carbonyl (C=O) groups is 1. The van der Waals surface area contributed by atoms with Crippen molar-refractivity contribution >= 4 is 46.2 Å². The number of hydrogen-bond donors (Lipinski definition) is 1. The van der Waals surface area contributed by atoms with Crippen molar-refractivity contribution in [3.8, 4) is 6.07 Å². The molecule has 3 rings (SSSR count). The highest BCUT2D eigenvalue weighted by molar-refractivity contribution is 7.10. The minimum absolute atomic E-state index is 0.209. The summed E-state index contributed by atoms with van der Waals surface area (Å²) in [6.07, 6.45) is 1.85. The van der Waals surface area contributed by atoms with E-state index in [1.807, 2.05) is 35.7 Å². The molecule has 0 aliphatic carbocycles. The zero-order valence-corrected chi connectivity index (χ0v) is 14.6. The first-order valence-corrected chi connectivity index (χ1v) is 8.74. The van der Waals surface area contributed by atoms with Crippen LogP contribution in [-0.2, 0) is 0 Å². The maximum Gasteiger partial charge on any atom is 0.255 e. The lowest BCUT2D eigenvalue weighted by Gasteiger charge is -2.06. The molecule has 3 aromatic rings. The van der Waals surface area contributed by atoms with E-state index in [1.54, 1.807) is 47.7 Å². The van der Waals surface area contributed by atoms with Crippen molar-refractivity contribution in [2.24, 2.45) is 0 Å². The van der Waals surface area contributed by atoms with Gasteiger partial charge in [0.2, 0.25) is 0 Å². The van der Waals surface area contributed by atoms with Gasteiger partial charge < -0.3 is 5.32 Å². The van der Waals surface area contributed by atoms with Crippen LogP contribution >= 0.6 is 22.9 Å². The predicted molar refractivity (Wildman–Crippen MR) is 104 cm³/mol. The third kappa shape index (κ3) is 4.36. The van der Waals surface area contributed by atoms with Gasteiger partial charge in [-0.25, -0.2) is 0 Å².